The number of sulfonamides is 1. The van der Waals surface area contributed by atoms with Gasteiger partial charge in [0.2, 0.25) is 5.91 Å². The van der Waals surface area contributed by atoms with Crippen LogP contribution in [-0.2, 0) is 21.2 Å². The van der Waals surface area contributed by atoms with Crippen LogP contribution in [0.25, 0.3) is 0 Å². The second kappa shape index (κ2) is 8.88. The van der Waals surface area contributed by atoms with Crippen LogP contribution in [0.1, 0.15) is 31.7 Å². The van der Waals surface area contributed by atoms with Crippen LogP contribution in [0, 0.1) is 0 Å². The molecule has 8 heteroatoms. The highest BCUT2D eigenvalue weighted by Crippen LogP contribution is 2.31. The zero-order valence-corrected chi connectivity index (χ0v) is 18.8. The number of hydrogen-bond donors (Lipinski definition) is 1. The summed E-state index contributed by atoms with van der Waals surface area (Å²) in [5.74, 6) is 0.797. The van der Waals surface area contributed by atoms with Crippen LogP contribution < -0.4 is 14.4 Å². The van der Waals surface area contributed by atoms with Gasteiger partial charge in [0.05, 0.1) is 4.90 Å². The van der Waals surface area contributed by atoms with E-state index in [1.165, 1.54) is 0 Å². The van der Waals surface area contributed by atoms with Crippen molar-refractivity contribution >= 4 is 27.3 Å². The molecule has 0 radical (unpaired) electrons. The lowest BCUT2D eigenvalue weighted by atomic mass is 10.1. The lowest BCUT2D eigenvalue weighted by Crippen LogP contribution is -2.35. The molecule has 0 aliphatic carbocycles. The number of nitrogens with zero attached hydrogens (tertiary/aromatic N) is 2. The van der Waals surface area contributed by atoms with Gasteiger partial charge >= 0.3 is 0 Å². The third kappa shape index (κ3) is 4.85. The van der Waals surface area contributed by atoms with E-state index in [9.17, 15) is 13.2 Å². The van der Waals surface area contributed by atoms with Gasteiger partial charge in [-0.25, -0.2) is 8.42 Å². The Kier molecular flexibility index (Phi) is 6.20. The number of carbonyl (C=O) groups is 1. The lowest BCUT2D eigenvalue weighted by molar-refractivity contribution is -0.118. The van der Waals surface area contributed by atoms with Crippen molar-refractivity contribution in [3.8, 4) is 5.75 Å². The average molecular weight is 444 g/mol. The monoisotopic (exact) mass is 443 g/mol. The largest absolute Gasteiger partial charge is 0.490 e. The van der Waals surface area contributed by atoms with Gasteiger partial charge in [-0.05, 0) is 74.3 Å². The summed E-state index contributed by atoms with van der Waals surface area (Å²) in [6.45, 7) is 4.46. The fraction of sp³-hybridized carbons (Fsp3) is 0.435. The molecule has 2 aliphatic rings. The van der Waals surface area contributed by atoms with Gasteiger partial charge in [-0.1, -0.05) is 6.92 Å². The molecule has 31 heavy (non-hydrogen) atoms. The number of hydrogen-bond acceptors (Lipinski definition) is 5. The molecule has 0 unspecified atom stereocenters. The molecule has 1 fully saturated rings. The zero-order valence-electron chi connectivity index (χ0n) is 18.0. The topological polar surface area (TPSA) is 79.0 Å². The molecule has 0 saturated carbocycles. The number of anilines is 2. The highest BCUT2D eigenvalue weighted by atomic mass is 32.2. The molecule has 7 nitrogen and oxygen atoms in total. The van der Waals surface area contributed by atoms with Gasteiger partial charge in [-0.3, -0.25) is 9.52 Å². The van der Waals surface area contributed by atoms with E-state index in [4.69, 9.17) is 4.74 Å². The quantitative estimate of drug-likeness (QED) is 0.741. The third-order valence-corrected chi connectivity index (χ3v) is 7.31. The van der Waals surface area contributed by atoms with Crippen molar-refractivity contribution < 1.29 is 17.9 Å². The minimum atomic E-state index is -3.72. The Morgan fingerprint density at radius 1 is 1.10 bits per heavy atom. The summed E-state index contributed by atoms with van der Waals surface area (Å²) in [5, 5.41) is 0. The highest BCUT2D eigenvalue weighted by Gasteiger charge is 2.26. The van der Waals surface area contributed by atoms with E-state index in [0.29, 0.717) is 25.1 Å². The van der Waals surface area contributed by atoms with Gasteiger partial charge in [0.15, 0.2) is 0 Å². The summed E-state index contributed by atoms with van der Waals surface area (Å²) in [4.78, 5) is 16.3. The van der Waals surface area contributed by atoms with Gasteiger partial charge < -0.3 is 14.5 Å². The van der Waals surface area contributed by atoms with Gasteiger partial charge in [0, 0.05) is 37.4 Å². The summed E-state index contributed by atoms with van der Waals surface area (Å²) >= 11 is 0. The van der Waals surface area contributed by atoms with Crippen molar-refractivity contribution in [1.82, 2.24) is 4.90 Å². The molecule has 0 spiro atoms. The Morgan fingerprint density at radius 2 is 1.81 bits per heavy atom. The fourth-order valence-corrected chi connectivity index (χ4v) is 5.21. The summed E-state index contributed by atoms with van der Waals surface area (Å²) in [6, 6.07) is 12.0. The van der Waals surface area contributed by atoms with Crippen LogP contribution in [-0.4, -0.2) is 52.0 Å². The third-order valence-electron chi connectivity index (χ3n) is 5.94. The van der Waals surface area contributed by atoms with Crippen molar-refractivity contribution in [3.63, 3.8) is 0 Å². The molecule has 4 rings (SSSR count). The number of carbonyl (C=O) groups excluding carboxylic acids is 1. The predicted octanol–water partition coefficient (Wildman–Crippen LogP) is 3.26. The first-order chi connectivity index (χ1) is 14.9. The van der Waals surface area contributed by atoms with Crippen LogP contribution in [0.15, 0.2) is 47.4 Å². The lowest BCUT2D eigenvalue weighted by Gasteiger charge is -2.29. The summed E-state index contributed by atoms with van der Waals surface area (Å²) in [6.07, 6.45) is 3.27. The van der Waals surface area contributed by atoms with E-state index in [2.05, 4.69) is 16.7 Å². The first-order valence-corrected chi connectivity index (χ1v) is 12.3. The molecule has 1 saturated heterocycles. The Hall–Kier alpha value is -2.58. The molecule has 0 atom stereocenters. The van der Waals surface area contributed by atoms with Gasteiger partial charge in [0.25, 0.3) is 10.0 Å². The van der Waals surface area contributed by atoms with Crippen LogP contribution in [0.5, 0.6) is 5.75 Å². The Bertz CT molecular complexity index is 1040. The SMILES string of the molecule is CCC(=O)N1CCc2cc(S(=O)(=O)Nc3ccc(OC4CCN(C)CC4)cc3)ccc21. The Labute approximate surface area is 184 Å². The minimum absolute atomic E-state index is 0.0510. The number of fused-ring (bicyclic) bond motifs is 1. The number of likely N-dealkylation sites (tertiary alicyclic amines) is 1. The second-order valence-electron chi connectivity index (χ2n) is 8.19. The van der Waals surface area contributed by atoms with E-state index in [-0.39, 0.29) is 16.9 Å². The van der Waals surface area contributed by atoms with E-state index in [0.717, 1.165) is 42.9 Å². The fourth-order valence-electron chi connectivity index (χ4n) is 4.11. The Morgan fingerprint density at radius 3 is 2.48 bits per heavy atom. The first kappa shape index (κ1) is 21.6. The number of piperidine rings is 1. The maximum atomic E-state index is 12.9. The van der Waals surface area contributed by atoms with Crippen molar-refractivity contribution in [1.29, 1.82) is 0 Å². The summed E-state index contributed by atoms with van der Waals surface area (Å²) < 4.78 is 34.4. The molecule has 2 aromatic rings. The number of ether oxygens (including phenoxy) is 1. The maximum Gasteiger partial charge on any atom is 0.261 e. The minimum Gasteiger partial charge on any atom is -0.490 e. The summed E-state index contributed by atoms with van der Waals surface area (Å²) in [7, 11) is -1.61. The van der Waals surface area contributed by atoms with Crippen molar-refractivity contribution in [2.24, 2.45) is 0 Å². The van der Waals surface area contributed by atoms with Crippen molar-refractivity contribution in [3.05, 3.63) is 48.0 Å². The van der Waals surface area contributed by atoms with Crippen LogP contribution in [0.2, 0.25) is 0 Å². The van der Waals surface area contributed by atoms with Gasteiger partial charge in [-0.2, -0.15) is 0 Å². The predicted molar refractivity (Wildman–Crippen MR) is 121 cm³/mol. The van der Waals surface area contributed by atoms with E-state index < -0.39 is 10.0 Å². The molecule has 0 bridgehead atoms. The molecule has 2 aliphatic heterocycles. The summed E-state index contributed by atoms with van der Waals surface area (Å²) in [5.41, 5.74) is 2.17. The molecule has 0 aromatic heterocycles. The first-order valence-electron chi connectivity index (χ1n) is 10.8. The molecule has 1 N–H and O–H groups in total. The van der Waals surface area contributed by atoms with E-state index in [1.807, 2.05) is 6.92 Å². The van der Waals surface area contributed by atoms with Gasteiger partial charge in [-0.15, -0.1) is 0 Å². The van der Waals surface area contributed by atoms with Gasteiger partial charge in [0.1, 0.15) is 11.9 Å². The molecular weight excluding hydrogens is 414 g/mol. The molecule has 2 aromatic carbocycles. The van der Waals surface area contributed by atoms with Crippen molar-refractivity contribution in [2.45, 2.75) is 43.6 Å². The van der Waals surface area contributed by atoms with E-state index in [1.54, 1.807) is 47.4 Å². The molecule has 2 heterocycles. The Balaban J connectivity index is 1.42. The smallest absolute Gasteiger partial charge is 0.261 e. The average Bonchev–Trinajstić information content (AvgIpc) is 3.19. The molecule has 1 amide bonds. The van der Waals surface area contributed by atoms with Crippen LogP contribution in [0.4, 0.5) is 11.4 Å². The second-order valence-corrected chi connectivity index (χ2v) is 9.87. The number of amides is 1. The van der Waals surface area contributed by atoms with Crippen LogP contribution >= 0.6 is 0 Å². The standard InChI is InChI=1S/C23H29N3O4S/c1-3-23(27)26-15-10-17-16-21(8-9-22(17)26)31(28,29)24-18-4-6-19(7-5-18)30-20-11-13-25(2)14-12-20/h4-9,16,20,24H,3,10-15H2,1-2H3. The highest BCUT2D eigenvalue weighted by molar-refractivity contribution is 7.92. The number of nitrogens with one attached hydrogen (secondary N) is 1. The molecular formula is C23H29N3O4S. The van der Waals surface area contributed by atoms with E-state index >= 15 is 0 Å². The normalized spacial score (nSPS) is 17.4. The van der Waals surface area contributed by atoms with Crippen molar-refractivity contribution in [2.75, 3.05) is 36.3 Å². The zero-order chi connectivity index (χ0) is 22.0. The maximum absolute atomic E-state index is 12.9. The van der Waals surface area contributed by atoms with Crippen LogP contribution in [0.3, 0.4) is 0 Å². The molecule has 166 valence electrons. The number of benzene rings is 2. The number of rotatable bonds is 6.